The summed E-state index contributed by atoms with van der Waals surface area (Å²) in [6.07, 6.45) is 2.83. The van der Waals surface area contributed by atoms with Gasteiger partial charge in [0.2, 0.25) is 0 Å². The van der Waals surface area contributed by atoms with E-state index in [0.29, 0.717) is 10.8 Å². The Morgan fingerprint density at radius 1 is 1.56 bits per heavy atom. The van der Waals surface area contributed by atoms with Crippen molar-refractivity contribution in [1.29, 1.82) is 0 Å². The minimum Gasteiger partial charge on any atom is -0.379 e. The number of aromatic nitrogens is 1. The lowest BCUT2D eigenvalue weighted by Crippen LogP contribution is -2.25. The molecule has 0 spiro atoms. The van der Waals surface area contributed by atoms with Crippen LogP contribution >= 0.6 is 11.6 Å². The van der Waals surface area contributed by atoms with Gasteiger partial charge in [-0.3, -0.25) is 0 Å². The lowest BCUT2D eigenvalue weighted by atomic mass is 10.2. The van der Waals surface area contributed by atoms with Crippen LogP contribution in [0, 0.1) is 6.92 Å². The Bertz CT molecular complexity index is 453. The van der Waals surface area contributed by atoms with Gasteiger partial charge >= 0.3 is 0 Å². The molecule has 0 amide bonds. The molecule has 6 heteroatoms. The molecule has 0 aliphatic carbocycles. The molecule has 1 N–H and O–H groups in total. The predicted molar refractivity (Wildman–Crippen MR) is 66.8 cm³/mol. The molecule has 0 saturated carbocycles. The number of pyridine rings is 1. The molecular formula is C10H15ClN2O2S. The molecule has 1 unspecified atom stereocenters. The minimum absolute atomic E-state index is 0.0671. The Balaban J connectivity index is 2.81. The SMILES string of the molecule is Cc1ccnc(Cl)c1NC(C)CS(C)(=O)=O. The number of nitrogens with one attached hydrogen (secondary N) is 1. The van der Waals surface area contributed by atoms with Crippen molar-refractivity contribution >= 4 is 27.1 Å². The van der Waals surface area contributed by atoms with E-state index in [1.54, 1.807) is 13.1 Å². The van der Waals surface area contributed by atoms with Gasteiger partial charge in [0.25, 0.3) is 0 Å². The summed E-state index contributed by atoms with van der Waals surface area (Å²) in [4.78, 5) is 3.94. The highest BCUT2D eigenvalue weighted by molar-refractivity contribution is 7.90. The average Bonchev–Trinajstić information content (AvgIpc) is 2.08. The monoisotopic (exact) mass is 262 g/mol. The first-order valence-electron chi connectivity index (χ1n) is 4.85. The van der Waals surface area contributed by atoms with Crippen molar-refractivity contribution in [3.8, 4) is 0 Å². The van der Waals surface area contributed by atoms with Gasteiger partial charge in [-0.05, 0) is 25.5 Å². The molecule has 4 nitrogen and oxygen atoms in total. The van der Waals surface area contributed by atoms with Crippen molar-refractivity contribution in [2.24, 2.45) is 0 Å². The normalized spacial score (nSPS) is 13.5. The molecule has 1 heterocycles. The van der Waals surface area contributed by atoms with Crippen LogP contribution in [-0.2, 0) is 9.84 Å². The van der Waals surface area contributed by atoms with E-state index in [-0.39, 0.29) is 11.8 Å². The van der Waals surface area contributed by atoms with E-state index in [1.807, 2.05) is 13.0 Å². The molecule has 0 bridgehead atoms. The first kappa shape index (κ1) is 13.3. The predicted octanol–water partition coefficient (Wildman–Crippen LogP) is 1.89. The fourth-order valence-electron chi connectivity index (χ4n) is 1.44. The van der Waals surface area contributed by atoms with Crippen molar-refractivity contribution in [1.82, 2.24) is 4.98 Å². The molecule has 1 rings (SSSR count). The summed E-state index contributed by atoms with van der Waals surface area (Å²) in [5, 5.41) is 3.42. The molecule has 0 aromatic carbocycles. The van der Waals surface area contributed by atoms with Gasteiger partial charge in [0.05, 0.1) is 11.4 Å². The van der Waals surface area contributed by atoms with E-state index >= 15 is 0 Å². The second-order valence-corrected chi connectivity index (χ2v) is 6.47. The number of hydrogen-bond donors (Lipinski definition) is 1. The molecule has 0 aliphatic heterocycles. The highest BCUT2D eigenvalue weighted by atomic mass is 35.5. The van der Waals surface area contributed by atoms with Gasteiger partial charge in [-0.2, -0.15) is 0 Å². The van der Waals surface area contributed by atoms with Crippen molar-refractivity contribution in [2.45, 2.75) is 19.9 Å². The van der Waals surface area contributed by atoms with Gasteiger partial charge in [-0.25, -0.2) is 13.4 Å². The van der Waals surface area contributed by atoms with Crippen LogP contribution in [0.25, 0.3) is 0 Å². The van der Waals surface area contributed by atoms with Crippen molar-refractivity contribution in [2.75, 3.05) is 17.3 Å². The molecule has 0 fully saturated rings. The van der Waals surface area contributed by atoms with Gasteiger partial charge in [-0.1, -0.05) is 11.6 Å². The second-order valence-electron chi connectivity index (χ2n) is 3.93. The maximum Gasteiger partial charge on any atom is 0.152 e. The minimum atomic E-state index is -3.00. The lowest BCUT2D eigenvalue weighted by Gasteiger charge is -2.16. The maximum absolute atomic E-state index is 11.1. The van der Waals surface area contributed by atoms with Crippen molar-refractivity contribution in [3.63, 3.8) is 0 Å². The van der Waals surface area contributed by atoms with Crippen LogP contribution in [-0.4, -0.2) is 31.5 Å². The van der Waals surface area contributed by atoms with Gasteiger partial charge in [0, 0.05) is 18.5 Å². The summed E-state index contributed by atoms with van der Waals surface area (Å²) >= 11 is 5.92. The molecule has 1 aromatic heterocycles. The third kappa shape index (κ3) is 3.98. The van der Waals surface area contributed by atoms with E-state index in [9.17, 15) is 8.42 Å². The number of nitrogens with zero attached hydrogens (tertiary/aromatic N) is 1. The van der Waals surface area contributed by atoms with Crippen LogP contribution in [0.4, 0.5) is 5.69 Å². The number of halogens is 1. The molecule has 90 valence electrons. The van der Waals surface area contributed by atoms with Crippen LogP contribution in [0.3, 0.4) is 0 Å². The smallest absolute Gasteiger partial charge is 0.152 e. The Morgan fingerprint density at radius 2 is 2.19 bits per heavy atom. The maximum atomic E-state index is 11.1. The van der Waals surface area contributed by atoms with Crippen LogP contribution in [0.15, 0.2) is 12.3 Å². The summed E-state index contributed by atoms with van der Waals surface area (Å²) in [5.41, 5.74) is 1.64. The largest absolute Gasteiger partial charge is 0.379 e. The summed E-state index contributed by atoms with van der Waals surface area (Å²) < 4.78 is 22.2. The zero-order valence-electron chi connectivity index (χ0n) is 9.49. The quantitative estimate of drug-likeness (QED) is 0.842. The third-order valence-corrected chi connectivity index (χ3v) is 3.45. The molecular weight excluding hydrogens is 248 g/mol. The highest BCUT2D eigenvalue weighted by Crippen LogP contribution is 2.23. The zero-order chi connectivity index (χ0) is 12.3. The summed E-state index contributed by atoms with van der Waals surface area (Å²) in [7, 11) is -3.00. The highest BCUT2D eigenvalue weighted by Gasteiger charge is 2.13. The number of anilines is 1. The number of aryl methyl sites for hydroxylation is 1. The first-order chi connectivity index (χ1) is 7.29. The molecule has 1 atom stereocenters. The Labute approximate surface area is 101 Å². The lowest BCUT2D eigenvalue weighted by molar-refractivity contribution is 0.598. The first-order valence-corrected chi connectivity index (χ1v) is 7.29. The second kappa shape index (κ2) is 5.01. The van der Waals surface area contributed by atoms with Crippen molar-refractivity contribution in [3.05, 3.63) is 23.0 Å². The Kier molecular flexibility index (Phi) is 4.15. The molecule has 0 aliphatic rings. The Hall–Kier alpha value is -0.810. The van der Waals surface area contributed by atoms with E-state index in [2.05, 4.69) is 10.3 Å². The van der Waals surface area contributed by atoms with Gasteiger partial charge < -0.3 is 5.32 Å². The van der Waals surface area contributed by atoms with E-state index in [0.717, 1.165) is 5.56 Å². The molecule has 16 heavy (non-hydrogen) atoms. The fourth-order valence-corrected chi connectivity index (χ4v) is 2.69. The molecule has 1 aromatic rings. The Morgan fingerprint density at radius 3 is 2.69 bits per heavy atom. The summed E-state index contributed by atoms with van der Waals surface area (Å²) in [5.74, 6) is 0.0671. The third-order valence-electron chi connectivity index (χ3n) is 2.06. The van der Waals surface area contributed by atoms with E-state index in [1.165, 1.54) is 6.26 Å². The van der Waals surface area contributed by atoms with Crippen LogP contribution in [0.1, 0.15) is 12.5 Å². The number of sulfone groups is 1. The van der Waals surface area contributed by atoms with Crippen molar-refractivity contribution < 1.29 is 8.42 Å². The van der Waals surface area contributed by atoms with Crippen LogP contribution < -0.4 is 5.32 Å². The van der Waals surface area contributed by atoms with Gasteiger partial charge in [0.15, 0.2) is 5.15 Å². The van der Waals surface area contributed by atoms with Gasteiger partial charge in [0.1, 0.15) is 9.84 Å². The van der Waals surface area contributed by atoms with Crippen LogP contribution in [0.5, 0.6) is 0 Å². The van der Waals surface area contributed by atoms with Gasteiger partial charge in [-0.15, -0.1) is 0 Å². The topological polar surface area (TPSA) is 59.1 Å². The fraction of sp³-hybridized carbons (Fsp3) is 0.500. The molecule has 0 radical (unpaired) electrons. The number of hydrogen-bond acceptors (Lipinski definition) is 4. The number of rotatable bonds is 4. The molecule has 0 saturated heterocycles. The average molecular weight is 263 g/mol. The summed E-state index contributed by atoms with van der Waals surface area (Å²) in [6.45, 7) is 3.69. The van der Waals surface area contributed by atoms with Crippen LogP contribution in [0.2, 0.25) is 5.15 Å². The summed E-state index contributed by atoms with van der Waals surface area (Å²) in [6, 6.07) is 1.62. The van der Waals surface area contributed by atoms with E-state index < -0.39 is 9.84 Å². The van der Waals surface area contributed by atoms with E-state index in [4.69, 9.17) is 11.6 Å². The standard InChI is InChI=1S/C10H15ClN2O2S/c1-7-4-5-12-10(11)9(7)13-8(2)6-16(3,14)15/h4-5,8,13H,6H2,1-3H3. The zero-order valence-corrected chi connectivity index (χ0v) is 11.1.